The lowest BCUT2D eigenvalue weighted by molar-refractivity contribution is 0.0903. The van der Waals surface area contributed by atoms with Crippen molar-refractivity contribution < 1.29 is 13.9 Å². The van der Waals surface area contributed by atoms with Gasteiger partial charge in [-0.15, -0.1) is 0 Å². The van der Waals surface area contributed by atoms with Gasteiger partial charge in [-0.25, -0.2) is 5.84 Å². The van der Waals surface area contributed by atoms with Crippen LogP contribution in [0.4, 0.5) is 0 Å². The largest absolute Gasteiger partial charge is 0.467 e. The number of nitrogens with two attached hydrogens (primary N) is 1. The van der Waals surface area contributed by atoms with Crippen LogP contribution in [0, 0.1) is 0 Å². The summed E-state index contributed by atoms with van der Waals surface area (Å²) in [6.45, 7) is 0.741. The quantitative estimate of drug-likeness (QED) is 0.467. The lowest BCUT2D eigenvalue weighted by Gasteiger charge is -2.03. The number of furan rings is 1. The average molecular weight is 247 g/mol. The third-order valence-corrected chi connectivity index (χ3v) is 2.29. The van der Waals surface area contributed by atoms with Crippen molar-refractivity contribution in [1.82, 2.24) is 10.4 Å². The number of aromatic nitrogens is 1. The second-order valence-electron chi connectivity index (χ2n) is 3.58. The molecular formula is C12H13N3O3. The second kappa shape index (κ2) is 5.95. The van der Waals surface area contributed by atoms with Crippen LogP contribution in [-0.2, 0) is 18.0 Å². The highest BCUT2D eigenvalue weighted by molar-refractivity contribution is 5.93. The summed E-state index contributed by atoms with van der Waals surface area (Å²) < 4.78 is 10.5. The second-order valence-corrected chi connectivity index (χ2v) is 3.58. The third kappa shape index (κ3) is 3.16. The van der Waals surface area contributed by atoms with Crippen molar-refractivity contribution in [2.75, 3.05) is 0 Å². The van der Waals surface area contributed by atoms with Gasteiger partial charge in [0.05, 0.1) is 24.1 Å². The highest BCUT2D eigenvalue weighted by Gasteiger charge is 2.04. The first kappa shape index (κ1) is 12.3. The number of nitrogens with zero attached hydrogens (tertiary/aromatic N) is 1. The summed E-state index contributed by atoms with van der Waals surface area (Å²) in [7, 11) is 0. The highest BCUT2D eigenvalue weighted by Crippen LogP contribution is 2.05. The molecule has 0 aliphatic rings. The minimum Gasteiger partial charge on any atom is -0.467 e. The van der Waals surface area contributed by atoms with Crippen LogP contribution in [0.1, 0.15) is 21.8 Å². The van der Waals surface area contributed by atoms with Gasteiger partial charge in [-0.05, 0) is 24.3 Å². The monoisotopic (exact) mass is 247 g/mol. The average Bonchev–Trinajstić information content (AvgIpc) is 2.92. The molecule has 2 rings (SSSR count). The molecule has 6 heteroatoms. The topological polar surface area (TPSA) is 90.4 Å². The van der Waals surface area contributed by atoms with E-state index in [1.807, 2.05) is 11.5 Å². The SMILES string of the molecule is NNC(=O)c1ccc(COCc2ccco2)nc1. The van der Waals surface area contributed by atoms with Crippen LogP contribution in [0.2, 0.25) is 0 Å². The van der Waals surface area contributed by atoms with Gasteiger partial charge in [0, 0.05) is 6.20 Å². The molecule has 0 aromatic carbocycles. The van der Waals surface area contributed by atoms with Gasteiger partial charge in [0.25, 0.3) is 5.91 Å². The van der Waals surface area contributed by atoms with Gasteiger partial charge in [0.2, 0.25) is 0 Å². The molecule has 0 fully saturated rings. The molecule has 0 aliphatic carbocycles. The van der Waals surface area contributed by atoms with Crippen LogP contribution in [0.25, 0.3) is 0 Å². The first-order valence-corrected chi connectivity index (χ1v) is 5.35. The van der Waals surface area contributed by atoms with E-state index < -0.39 is 0 Å². The van der Waals surface area contributed by atoms with Crippen LogP contribution in [0.15, 0.2) is 41.1 Å². The van der Waals surface area contributed by atoms with Gasteiger partial charge in [0.15, 0.2) is 0 Å². The van der Waals surface area contributed by atoms with E-state index in [9.17, 15) is 4.79 Å². The Labute approximate surface area is 104 Å². The van der Waals surface area contributed by atoms with Crippen LogP contribution >= 0.6 is 0 Å². The molecule has 0 saturated heterocycles. The fourth-order valence-electron chi connectivity index (χ4n) is 1.38. The van der Waals surface area contributed by atoms with E-state index in [4.69, 9.17) is 15.0 Å². The molecule has 0 unspecified atom stereocenters. The summed E-state index contributed by atoms with van der Waals surface area (Å²) in [5.74, 6) is 5.40. The maximum atomic E-state index is 11.2. The maximum Gasteiger partial charge on any atom is 0.266 e. The predicted octanol–water partition coefficient (Wildman–Crippen LogP) is 0.995. The fraction of sp³-hybridized carbons (Fsp3) is 0.167. The normalized spacial score (nSPS) is 10.3. The summed E-state index contributed by atoms with van der Waals surface area (Å²) in [6.07, 6.45) is 3.05. The lowest BCUT2D eigenvalue weighted by Crippen LogP contribution is -2.30. The molecule has 6 nitrogen and oxygen atoms in total. The number of ether oxygens (including phenoxy) is 1. The van der Waals surface area contributed by atoms with Gasteiger partial charge < -0.3 is 9.15 Å². The Bertz CT molecular complexity index is 494. The Balaban J connectivity index is 1.85. The lowest BCUT2D eigenvalue weighted by atomic mass is 10.2. The minimum absolute atomic E-state index is 0.352. The molecule has 0 spiro atoms. The Morgan fingerprint density at radius 1 is 1.39 bits per heavy atom. The molecule has 0 bridgehead atoms. The molecule has 94 valence electrons. The molecule has 3 N–H and O–H groups in total. The first-order valence-electron chi connectivity index (χ1n) is 5.35. The van der Waals surface area contributed by atoms with Crippen LogP contribution in [0.3, 0.4) is 0 Å². The summed E-state index contributed by atoms with van der Waals surface area (Å²) in [6, 6.07) is 6.99. The van der Waals surface area contributed by atoms with E-state index in [2.05, 4.69) is 4.98 Å². The number of nitrogens with one attached hydrogen (secondary N) is 1. The predicted molar refractivity (Wildman–Crippen MR) is 63.1 cm³/mol. The number of carbonyl (C=O) groups excluding carboxylic acids is 1. The summed E-state index contributed by atoms with van der Waals surface area (Å²) in [4.78, 5) is 15.3. The number of pyridine rings is 1. The van der Waals surface area contributed by atoms with Crippen molar-refractivity contribution in [3.63, 3.8) is 0 Å². The molecule has 0 atom stereocenters. The zero-order valence-electron chi connectivity index (χ0n) is 9.63. The fourth-order valence-corrected chi connectivity index (χ4v) is 1.38. The van der Waals surface area contributed by atoms with Gasteiger partial charge in [0.1, 0.15) is 12.4 Å². The Morgan fingerprint density at radius 2 is 2.28 bits per heavy atom. The number of nitrogen functional groups attached to an aromatic ring is 1. The molecule has 2 aromatic rings. The molecule has 2 heterocycles. The zero-order chi connectivity index (χ0) is 12.8. The number of hydrazine groups is 1. The molecular weight excluding hydrogens is 234 g/mol. The van der Waals surface area contributed by atoms with Crippen LogP contribution < -0.4 is 11.3 Å². The van der Waals surface area contributed by atoms with Crippen LogP contribution in [-0.4, -0.2) is 10.9 Å². The van der Waals surface area contributed by atoms with Crippen molar-refractivity contribution in [3.8, 4) is 0 Å². The van der Waals surface area contributed by atoms with Gasteiger partial charge in [-0.3, -0.25) is 15.2 Å². The molecule has 18 heavy (non-hydrogen) atoms. The Kier molecular flexibility index (Phi) is 4.06. The molecule has 0 radical (unpaired) electrons. The Morgan fingerprint density at radius 3 is 2.89 bits per heavy atom. The number of rotatable bonds is 5. The van der Waals surface area contributed by atoms with E-state index in [0.717, 1.165) is 11.5 Å². The maximum absolute atomic E-state index is 11.2. The van der Waals surface area contributed by atoms with E-state index in [0.29, 0.717) is 18.8 Å². The van der Waals surface area contributed by atoms with Gasteiger partial charge >= 0.3 is 0 Å². The number of hydrogen-bond donors (Lipinski definition) is 2. The standard InChI is InChI=1S/C12H13N3O3/c13-15-12(16)9-3-4-10(14-6-9)7-17-8-11-2-1-5-18-11/h1-6H,7-8,13H2,(H,15,16). The minimum atomic E-state index is -0.370. The van der Waals surface area contributed by atoms with E-state index in [1.54, 1.807) is 24.5 Å². The van der Waals surface area contributed by atoms with Crippen molar-refractivity contribution in [3.05, 3.63) is 53.7 Å². The van der Waals surface area contributed by atoms with E-state index in [-0.39, 0.29) is 5.91 Å². The van der Waals surface area contributed by atoms with Crippen molar-refractivity contribution in [2.45, 2.75) is 13.2 Å². The van der Waals surface area contributed by atoms with Crippen molar-refractivity contribution in [2.24, 2.45) is 5.84 Å². The first-order chi connectivity index (χ1) is 8.79. The Hall–Kier alpha value is -2.18. The third-order valence-electron chi connectivity index (χ3n) is 2.29. The summed E-state index contributed by atoms with van der Waals surface area (Å²) in [5.41, 5.74) is 3.18. The zero-order valence-corrected chi connectivity index (χ0v) is 9.63. The number of amides is 1. The molecule has 2 aromatic heterocycles. The van der Waals surface area contributed by atoms with Crippen LogP contribution in [0.5, 0.6) is 0 Å². The van der Waals surface area contributed by atoms with Crippen molar-refractivity contribution in [1.29, 1.82) is 0 Å². The highest BCUT2D eigenvalue weighted by atomic mass is 16.5. The van der Waals surface area contributed by atoms with E-state index in [1.165, 1.54) is 6.20 Å². The summed E-state index contributed by atoms with van der Waals surface area (Å²) >= 11 is 0. The summed E-state index contributed by atoms with van der Waals surface area (Å²) in [5, 5.41) is 0. The molecule has 0 aliphatic heterocycles. The number of hydrogen-bond acceptors (Lipinski definition) is 5. The molecule has 1 amide bonds. The van der Waals surface area contributed by atoms with E-state index >= 15 is 0 Å². The molecule has 0 saturated carbocycles. The van der Waals surface area contributed by atoms with Gasteiger partial charge in [-0.2, -0.15) is 0 Å². The van der Waals surface area contributed by atoms with Crippen molar-refractivity contribution >= 4 is 5.91 Å². The van der Waals surface area contributed by atoms with Gasteiger partial charge in [-0.1, -0.05) is 0 Å². The number of carbonyl (C=O) groups is 1. The smallest absolute Gasteiger partial charge is 0.266 e.